The number of amides is 3. The van der Waals surface area contributed by atoms with Gasteiger partial charge in [0.25, 0.3) is 5.91 Å². The van der Waals surface area contributed by atoms with Gasteiger partial charge in [-0.15, -0.1) is 0 Å². The number of carbonyl (C=O) groups is 4. The molecule has 1 N–H and O–H groups in total. The summed E-state index contributed by atoms with van der Waals surface area (Å²) in [5.74, 6) is -2.14. The van der Waals surface area contributed by atoms with Crippen LogP contribution in [0.4, 0.5) is 4.39 Å². The standard InChI is InChI=1S/C23H24FN5O5/c1-14-7-19(27-34-14)22(32)26-20(9-15-3-5-17(24)6-4-15)23(33)28(2)12-21(31)29-11-16(13-30)8-18(29)10-25/h3-7,13,16,18,20H,8-9,11-12H2,1-2H3,(H,26,32). The van der Waals surface area contributed by atoms with Crippen LogP contribution in [0.15, 0.2) is 34.9 Å². The molecule has 0 saturated carbocycles. The molecule has 1 aliphatic rings. The van der Waals surface area contributed by atoms with Gasteiger partial charge in [0.15, 0.2) is 5.69 Å². The molecule has 0 radical (unpaired) electrons. The van der Waals surface area contributed by atoms with Crippen LogP contribution < -0.4 is 5.32 Å². The first-order valence-electron chi connectivity index (χ1n) is 10.6. The summed E-state index contributed by atoms with van der Waals surface area (Å²) in [6.45, 7) is 1.39. The first kappa shape index (κ1) is 24.6. The largest absolute Gasteiger partial charge is 0.361 e. The topological polar surface area (TPSA) is 137 Å². The molecule has 2 heterocycles. The van der Waals surface area contributed by atoms with Crippen LogP contribution in [0.1, 0.15) is 28.2 Å². The molecule has 1 aliphatic heterocycles. The Labute approximate surface area is 195 Å². The van der Waals surface area contributed by atoms with Gasteiger partial charge in [0.05, 0.1) is 12.6 Å². The fraction of sp³-hybridized carbons (Fsp3) is 0.391. The molecular weight excluding hydrogens is 445 g/mol. The number of likely N-dealkylation sites (N-methyl/N-ethyl adjacent to an activating group) is 1. The first-order chi connectivity index (χ1) is 16.2. The predicted molar refractivity (Wildman–Crippen MR) is 116 cm³/mol. The van der Waals surface area contributed by atoms with Crippen molar-refractivity contribution in [3.63, 3.8) is 0 Å². The van der Waals surface area contributed by atoms with Crippen LogP contribution in [-0.4, -0.2) is 71.2 Å². The minimum atomic E-state index is -1.08. The van der Waals surface area contributed by atoms with Crippen molar-refractivity contribution in [1.82, 2.24) is 20.3 Å². The number of nitrogens with zero attached hydrogens (tertiary/aromatic N) is 4. The zero-order chi connectivity index (χ0) is 24.8. The number of rotatable bonds is 8. The fourth-order valence-corrected chi connectivity index (χ4v) is 3.76. The van der Waals surface area contributed by atoms with Crippen molar-refractivity contribution in [3.8, 4) is 6.07 Å². The maximum atomic E-state index is 13.3. The van der Waals surface area contributed by atoms with Gasteiger partial charge in [-0.3, -0.25) is 14.4 Å². The molecule has 3 rings (SSSR count). The highest BCUT2D eigenvalue weighted by Gasteiger charge is 2.36. The molecule has 34 heavy (non-hydrogen) atoms. The van der Waals surface area contributed by atoms with E-state index in [1.807, 2.05) is 6.07 Å². The molecule has 2 aromatic rings. The van der Waals surface area contributed by atoms with E-state index in [0.29, 0.717) is 17.6 Å². The number of aromatic nitrogens is 1. The number of carbonyl (C=O) groups excluding carboxylic acids is 4. The van der Waals surface area contributed by atoms with E-state index in [1.165, 1.54) is 42.3 Å². The van der Waals surface area contributed by atoms with Crippen LogP contribution >= 0.6 is 0 Å². The molecule has 11 heteroatoms. The number of hydrogen-bond donors (Lipinski definition) is 1. The summed E-state index contributed by atoms with van der Waals surface area (Å²) in [6.07, 6.45) is 1.01. The lowest BCUT2D eigenvalue weighted by Crippen LogP contribution is -2.51. The van der Waals surface area contributed by atoms with E-state index in [2.05, 4.69) is 10.5 Å². The summed E-state index contributed by atoms with van der Waals surface area (Å²) in [7, 11) is 1.40. The average molecular weight is 469 g/mol. The van der Waals surface area contributed by atoms with Crippen LogP contribution in [0.3, 0.4) is 0 Å². The molecule has 1 aromatic heterocycles. The van der Waals surface area contributed by atoms with Crippen molar-refractivity contribution < 1.29 is 28.1 Å². The number of aryl methyl sites for hydroxylation is 1. The number of hydrogen-bond acceptors (Lipinski definition) is 7. The van der Waals surface area contributed by atoms with Crippen molar-refractivity contribution in [1.29, 1.82) is 5.26 Å². The molecule has 3 atom stereocenters. The number of likely N-dealkylation sites (tertiary alicyclic amines) is 1. The average Bonchev–Trinajstić information content (AvgIpc) is 3.45. The van der Waals surface area contributed by atoms with Gasteiger partial charge in [0.1, 0.15) is 29.9 Å². The minimum absolute atomic E-state index is 0.0121. The summed E-state index contributed by atoms with van der Waals surface area (Å²) < 4.78 is 18.2. The minimum Gasteiger partial charge on any atom is -0.361 e. The van der Waals surface area contributed by atoms with Crippen LogP contribution in [0, 0.1) is 30.0 Å². The van der Waals surface area contributed by atoms with Gasteiger partial charge in [-0.1, -0.05) is 17.3 Å². The molecule has 3 amide bonds. The summed E-state index contributed by atoms with van der Waals surface area (Å²) in [4.78, 5) is 52.1. The van der Waals surface area contributed by atoms with Gasteiger partial charge in [0.2, 0.25) is 11.8 Å². The van der Waals surface area contributed by atoms with Gasteiger partial charge >= 0.3 is 0 Å². The smallest absolute Gasteiger partial charge is 0.274 e. The Hall–Kier alpha value is -4.07. The molecule has 1 fully saturated rings. The predicted octanol–water partition coefficient (Wildman–Crippen LogP) is 0.861. The maximum Gasteiger partial charge on any atom is 0.274 e. The van der Waals surface area contributed by atoms with E-state index in [4.69, 9.17) is 4.52 Å². The monoisotopic (exact) mass is 469 g/mol. The number of aldehydes is 1. The maximum absolute atomic E-state index is 13.3. The molecule has 10 nitrogen and oxygen atoms in total. The van der Waals surface area contributed by atoms with E-state index in [9.17, 15) is 28.8 Å². The Morgan fingerprint density at radius 2 is 2.09 bits per heavy atom. The van der Waals surface area contributed by atoms with Gasteiger partial charge < -0.3 is 24.4 Å². The molecular formula is C23H24FN5O5. The van der Waals surface area contributed by atoms with Crippen LogP contribution in [0.25, 0.3) is 0 Å². The molecule has 3 unspecified atom stereocenters. The van der Waals surface area contributed by atoms with Crippen LogP contribution in [0.2, 0.25) is 0 Å². The van der Waals surface area contributed by atoms with Gasteiger partial charge in [-0.05, 0) is 31.0 Å². The number of halogens is 1. The summed E-state index contributed by atoms with van der Waals surface area (Å²) >= 11 is 0. The second-order valence-corrected chi connectivity index (χ2v) is 8.20. The lowest BCUT2D eigenvalue weighted by atomic mass is 10.0. The molecule has 0 spiro atoms. The van der Waals surface area contributed by atoms with E-state index in [-0.39, 0.29) is 31.6 Å². The SMILES string of the molecule is Cc1cc(C(=O)NC(Cc2ccc(F)cc2)C(=O)N(C)CC(=O)N2CC(C=O)CC2C#N)no1. The Bertz CT molecular complexity index is 1110. The summed E-state index contributed by atoms with van der Waals surface area (Å²) in [5, 5.41) is 15.5. The lowest BCUT2D eigenvalue weighted by molar-refractivity contribution is -0.140. The second-order valence-electron chi connectivity index (χ2n) is 8.20. The van der Waals surface area contributed by atoms with E-state index in [1.54, 1.807) is 6.92 Å². The van der Waals surface area contributed by atoms with Crippen molar-refractivity contribution in [3.05, 3.63) is 53.2 Å². The third-order valence-corrected chi connectivity index (χ3v) is 5.56. The van der Waals surface area contributed by atoms with Crippen molar-refractivity contribution in [2.75, 3.05) is 20.1 Å². The Morgan fingerprint density at radius 1 is 1.38 bits per heavy atom. The highest BCUT2D eigenvalue weighted by Crippen LogP contribution is 2.21. The summed E-state index contributed by atoms with van der Waals surface area (Å²) in [6, 6.07) is 7.08. The zero-order valence-corrected chi connectivity index (χ0v) is 18.7. The van der Waals surface area contributed by atoms with Crippen molar-refractivity contribution >= 4 is 24.0 Å². The van der Waals surface area contributed by atoms with Gasteiger partial charge in [-0.2, -0.15) is 5.26 Å². The quantitative estimate of drug-likeness (QED) is 0.566. The zero-order valence-electron chi connectivity index (χ0n) is 18.7. The molecule has 1 aromatic carbocycles. The third-order valence-electron chi connectivity index (χ3n) is 5.56. The number of benzene rings is 1. The Kier molecular flexibility index (Phi) is 7.73. The molecule has 1 saturated heterocycles. The van der Waals surface area contributed by atoms with E-state index < -0.39 is 41.5 Å². The number of nitrogens with one attached hydrogen (secondary N) is 1. The normalized spacial score (nSPS) is 18.1. The Morgan fingerprint density at radius 3 is 2.68 bits per heavy atom. The van der Waals surface area contributed by atoms with E-state index >= 15 is 0 Å². The molecule has 178 valence electrons. The van der Waals surface area contributed by atoms with Crippen molar-refractivity contribution in [2.45, 2.75) is 31.8 Å². The van der Waals surface area contributed by atoms with Gasteiger partial charge in [0, 0.05) is 32.0 Å². The molecule has 0 aliphatic carbocycles. The Balaban J connectivity index is 1.74. The second kappa shape index (κ2) is 10.7. The third kappa shape index (κ3) is 5.83. The summed E-state index contributed by atoms with van der Waals surface area (Å²) in [5.41, 5.74) is 0.580. The van der Waals surface area contributed by atoms with Crippen molar-refractivity contribution in [2.24, 2.45) is 5.92 Å². The highest BCUT2D eigenvalue weighted by molar-refractivity contribution is 5.96. The lowest BCUT2D eigenvalue weighted by Gasteiger charge is -2.27. The molecule has 0 bridgehead atoms. The van der Waals surface area contributed by atoms with Crippen LogP contribution in [0.5, 0.6) is 0 Å². The van der Waals surface area contributed by atoms with Gasteiger partial charge in [-0.25, -0.2) is 4.39 Å². The number of nitriles is 1. The van der Waals surface area contributed by atoms with E-state index in [0.717, 1.165) is 4.90 Å². The van der Waals surface area contributed by atoms with Crippen LogP contribution in [-0.2, 0) is 20.8 Å². The highest BCUT2D eigenvalue weighted by atomic mass is 19.1. The first-order valence-corrected chi connectivity index (χ1v) is 10.6. The fourth-order valence-electron chi connectivity index (χ4n) is 3.76.